The minimum Gasteiger partial charge on any atom is -0.309 e. The van der Waals surface area contributed by atoms with E-state index in [-0.39, 0.29) is 0 Å². The van der Waals surface area contributed by atoms with Crippen LogP contribution in [0.1, 0.15) is 0 Å². The second kappa shape index (κ2) is 15.1. The highest BCUT2D eigenvalue weighted by molar-refractivity contribution is 6.11. The molecule has 0 fully saturated rings. The highest BCUT2D eigenvalue weighted by Crippen LogP contribution is 2.41. The van der Waals surface area contributed by atoms with Crippen LogP contribution in [0.15, 0.2) is 237 Å². The SMILES string of the molecule is c1ccc(-c2ccc(-n3c4ccccc4c4cc(-c5ccccc5-c5ccccc5-c5ccc(-n6nc(-c7ccccc7)cc6-c6ccccc6)cc5)ccc43)cc2)cc1. The predicted octanol–water partition coefficient (Wildman–Crippen LogP) is 15.0. The monoisotopic (exact) mass is 765 g/mol. The van der Waals surface area contributed by atoms with Gasteiger partial charge in [-0.15, -0.1) is 0 Å². The van der Waals surface area contributed by atoms with E-state index in [4.69, 9.17) is 5.10 Å². The molecule has 11 rings (SSSR count). The second-order valence-corrected chi connectivity index (χ2v) is 15.2. The zero-order chi connectivity index (χ0) is 39.8. The summed E-state index contributed by atoms with van der Waals surface area (Å²) in [7, 11) is 0. The molecular formula is C57H39N3. The van der Waals surface area contributed by atoms with Gasteiger partial charge in [0, 0.05) is 27.6 Å². The van der Waals surface area contributed by atoms with Gasteiger partial charge in [0.2, 0.25) is 0 Å². The van der Waals surface area contributed by atoms with Gasteiger partial charge in [-0.05, 0) is 93.0 Å². The zero-order valence-electron chi connectivity index (χ0n) is 32.9. The summed E-state index contributed by atoms with van der Waals surface area (Å²) in [5.74, 6) is 0. The topological polar surface area (TPSA) is 22.8 Å². The first-order valence-electron chi connectivity index (χ1n) is 20.5. The van der Waals surface area contributed by atoms with Crippen molar-refractivity contribution < 1.29 is 0 Å². The van der Waals surface area contributed by atoms with Gasteiger partial charge in [0.1, 0.15) is 0 Å². The molecule has 0 spiro atoms. The Bertz CT molecular complexity index is 3270. The molecule has 3 heteroatoms. The lowest BCUT2D eigenvalue weighted by Crippen LogP contribution is -1.99. The van der Waals surface area contributed by atoms with Crippen LogP contribution in [0.3, 0.4) is 0 Å². The third-order valence-electron chi connectivity index (χ3n) is 11.6. The molecule has 2 aromatic heterocycles. The standard InChI is InChI=1S/C57H39N3/c1-4-16-40(17-5-1)41-28-33-46(34-29-41)59-55-27-15-14-26-52(55)53-38-45(32-37-56(53)59)49-23-11-13-25-51(49)50-24-12-10-22-48(50)42-30-35-47(36-31-42)60-57(44-20-8-3-9-21-44)39-54(58-60)43-18-6-2-7-19-43/h1-39H. The van der Waals surface area contributed by atoms with E-state index in [0.717, 1.165) is 39.5 Å². The van der Waals surface area contributed by atoms with Crippen molar-refractivity contribution in [3.05, 3.63) is 237 Å². The highest BCUT2D eigenvalue weighted by Gasteiger charge is 2.18. The van der Waals surface area contributed by atoms with E-state index in [1.54, 1.807) is 0 Å². The Hall–Kier alpha value is -8.01. The molecule has 0 bridgehead atoms. The Morgan fingerprint density at radius 3 is 1.42 bits per heavy atom. The average molecular weight is 766 g/mol. The quantitative estimate of drug-likeness (QED) is 0.151. The van der Waals surface area contributed by atoms with Crippen LogP contribution in [0.4, 0.5) is 0 Å². The number of rotatable bonds is 8. The maximum atomic E-state index is 5.13. The van der Waals surface area contributed by atoms with Gasteiger partial charge in [0.15, 0.2) is 0 Å². The van der Waals surface area contributed by atoms with Gasteiger partial charge in [-0.1, -0.05) is 188 Å². The van der Waals surface area contributed by atoms with E-state index >= 15 is 0 Å². The number of para-hydroxylation sites is 1. The lowest BCUT2D eigenvalue weighted by Gasteiger charge is -2.16. The fourth-order valence-electron chi connectivity index (χ4n) is 8.72. The third kappa shape index (κ3) is 6.30. The van der Waals surface area contributed by atoms with Crippen LogP contribution in [0.5, 0.6) is 0 Å². The largest absolute Gasteiger partial charge is 0.309 e. The van der Waals surface area contributed by atoms with Crippen molar-refractivity contribution in [2.45, 2.75) is 0 Å². The van der Waals surface area contributed by atoms with Crippen LogP contribution in [-0.2, 0) is 0 Å². The zero-order valence-corrected chi connectivity index (χ0v) is 32.9. The predicted molar refractivity (Wildman–Crippen MR) is 251 cm³/mol. The van der Waals surface area contributed by atoms with Gasteiger partial charge in [-0.25, -0.2) is 4.68 Å². The molecule has 0 unspecified atom stereocenters. The van der Waals surface area contributed by atoms with Crippen LogP contribution in [0, 0.1) is 0 Å². The first-order valence-corrected chi connectivity index (χ1v) is 20.5. The molecule has 60 heavy (non-hydrogen) atoms. The van der Waals surface area contributed by atoms with Gasteiger partial charge in [-0.3, -0.25) is 0 Å². The summed E-state index contributed by atoms with van der Waals surface area (Å²) in [4.78, 5) is 0. The van der Waals surface area contributed by atoms with E-state index < -0.39 is 0 Å². The molecule has 0 saturated carbocycles. The van der Waals surface area contributed by atoms with Crippen LogP contribution < -0.4 is 0 Å². The van der Waals surface area contributed by atoms with Crippen LogP contribution in [0.2, 0.25) is 0 Å². The second-order valence-electron chi connectivity index (χ2n) is 15.2. The minimum absolute atomic E-state index is 0.945. The van der Waals surface area contributed by atoms with Crippen molar-refractivity contribution >= 4 is 21.8 Å². The summed E-state index contributed by atoms with van der Waals surface area (Å²) in [6.07, 6.45) is 0. The smallest absolute Gasteiger partial charge is 0.0934 e. The molecule has 0 aliphatic heterocycles. The maximum Gasteiger partial charge on any atom is 0.0934 e. The number of fused-ring (bicyclic) bond motifs is 3. The summed E-state index contributed by atoms with van der Waals surface area (Å²) >= 11 is 0. The van der Waals surface area contributed by atoms with Crippen molar-refractivity contribution in [3.63, 3.8) is 0 Å². The molecule has 282 valence electrons. The molecule has 0 aliphatic rings. The van der Waals surface area contributed by atoms with Gasteiger partial charge < -0.3 is 4.57 Å². The Morgan fingerprint density at radius 1 is 0.283 bits per heavy atom. The number of hydrogen-bond donors (Lipinski definition) is 0. The number of benzene rings is 9. The van der Waals surface area contributed by atoms with E-state index in [0.29, 0.717) is 0 Å². The van der Waals surface area contributed by atoms with Crippen molar-refractivity contribution in [3.8, 4) is 78.4 Å². The average Bonchev–Trinajstić information content (AvgIpc) is 3.93. The molecule has 0 amide bonds. The Morgan fingerprint density at radius 2 is 0.750 bits per heavy atom. The summed E-state index contributed by atoms with van der Waals surface area (Å²) in [5, 5.41) is 7.60. The molecule has 0 saturated heterocycles. The Kier molecular flexibility index (Phi) is 8.83. The molecule has 11 aromatic rings. The van der Waals surface area contributed by atoms with Crippen LogP contribution in [-0.4, -0.2) is 14.3 Å². The fourth-order valence-corrected chi connectivity index (χ4v) is 8.72. The summed E-state index contributed by atoms with van der Waals surface area (Å²) in [6, 6.07) is 84.6. The molecular weight excluding hydrogens is 727 g/mol. The fraction of sp³-hybridized carbons (Fsp3) is 0. The molecule has 9 aromatic carbocycles. The summed E-state index contributed by atoms with van der Waals surface area (Å²) in [5.41, 5.74) is 18.3. The van der Waals surface area contributed by atoms with E-state index in [1.165, 1.54) is 60.8 Å². The first kappa shape index (κ1) is 35.2. The van der Waals surface area contributed by atoms with Crippen molar-refractivity contribution in [2.24, 2.45) is 0 Å². The lowest BCUT2D eigenvalue weighted by molar-refractivity contribution is 0.892. The van der Waals surface area contributed by atoms with Crippen LogP contribution >= 0.6 is 0 Å². The van der Waals surface area contributed by atoms with Gasteiger partial charge in [-0.2, -0.15) is 5.10 Å². The van der Waals surface area contributed by atoms with E-state index in [9.17, 15) is 0 Å². The first-order chi connectivity index (χ1) is 29.8. The minimum atomic E-state index is 0.945. The number of aromatic nitrogens is 3. The summed E-state index contributed by atoms with van der Waals surface area (Å²) in [6.45, 7) is 0. The molecule has 0 radical (unpaired) electrons. The van der Waals surface area contributed by atoms with E-state index in [2.05, 4.69) is 240 Å². The number of hydrogen-bond acceptors (Lipinski definition) is 1. The number of nitrogens with zero attached hydrogens (tertiary/aromatic N) is 3. The molecule has 0 atom stereocenters. The van der Waals surface area contributed by atoms with Crippen molar-refractivity contribution in [1.29, 1.82) is 0 Å². The van der Waals surface area contributed by atoms with Crippen molar-refractivity contribution in [1.82, 2.24) is 14.3 Å². The summed E-state index contributed by atoms with van der Waals surface area (Å²) < 4.78 is 4.46. The lowest BCUT2D eigenvalue weighted by atomic mass is 9.89. The Labute approximate surface area is 349 Å². The molecule has 3 nitrogen and oxygen atoms in total. The van der Waals surface area contributed by atoms with E-state index in [1.807, 2.05) is 6.07 Å². The Balaban J connectivity index is 0.972. The highest BCUT2D eigenvalue weighted by atomic mass is 15.3. The third-order valence-corrected chi connectivity index (χ3v) is 11.6. The van der Waals surface area contributed by atoms with Gasteiger partial charge >= 0.3 is 0 Å². The molecule has 0 N–H and O–H groups in total. The van der Waals surface area contributed by atoms with Crippen molar-refractivity contribution in [2.75, 3.05) is 0 Å². The molecule has 2 heterocycles. The molecule has 0 aliphatic carbocycles. The normalized spacial score (nSPS) is 11.3. The van der Waals surface area contributed by atoms with Gasteiger partial charge in [0.25, 0.3) is 0 Å². The van der Waals surface area contributed by atoms with Gasteiger partial charge in [0.05, 0.1) is 28.1 Å². The van der Waals surface area contributed by atoms with Crippen LogP contribution in [0.25, 0.3) is 100 Å². The maximum absolute atomic E-state index is 5.13.